The summed E-state index contributed by atoms with van der Waals surface area (Å²) < 4.78 is 4.41. The molecule has 0 atom stereocenters. The zero-order valence-corrected chi connectivity index (χ0v) is 24.1. The molecule has 11 rings (SSSR count). The second-order valence-corrected chi connectivity index (χ2v) is 11.8. The zero-order valence-electron chi connectivity index (χ0n) is 24.1. The van der Waals surface area contributed by atoms with E-state index in [1.165, 1.54) is 0 Å². The predicted molar refractivity (Wildman–Crippen MR) is 183 cm³/mol. The second kappa shape index (κ2) is 8.29. The van der Waals surface area contributed by atoms with Gasteiger partial charge in [-0.1, -0.05) is 54.6 Å². The summed E-state index contributed by atoms with van der Waals surface area (Å²) in [5.74, 6) is 0. The highest BCUT2D eigenvalue weighted by Crippen LogP contribution is 2.45. The Morgan fingerprint density at radius 2 is 0.739 bits per heavy atom. The molecule has 0 aliphatic heterocycles. The van der Waals surface area contributed by atoms with E-state index in [0.29, 0.717) is 5.56 Å². The third-order valence-corrected chi connectivity index (χ3v) is 9.67. The number of hydrogen-bond donors (Lipinski definition) is 0. The third kappa shape index (κ3) is 2.69. The fraction of sp³-hybridized carbons (Fsp3) is 0. The SMILES string of the molecule is N#Cc1c(-n2c3ccnc4c5ccccc5c5nccc2c5c43)cccc1-n1c2ccnc3c4ccccc4c4nccc1c4c32. The van der Waals surface area contributed by atoms with Gasteiger partial charge in [-0.15, -0.1) is 0 Å². The fourth-order valence-corrected chi connectivity index (χ4v) is 7.94. The zero-order chi connectivity index (χ0) is 30.1. The van der Waals surface area contributed by atoms with Crippen molar-refractivity contribution in [1.82, 2.24) is 29.1 Å². The van der Waals surface area contributed by atoms with Gasteiger partial charge >= 0.3 is 0 Å². The number of nitrogens with zero attached hydrogens (tertiary/aromatic N) is 7. The first-order valence-corrected chi connectivity index (χ1v) is 15.1. The van der Waals surface area contributed by atoms with Gasteiger partial charge in [0.15, 0.2) is 0 Å². The minimum Gasteiger partial charge on any atom is -0.308 e. The van der Waals surface area contributed by atoms with Crippen LogP contribution in [0.3, 0.4) is 0 Å². The maximum Gasteiger partial charge on any atom is 0.104 e. The van der Waals surface area contributed by atoms with Crippen molar-refractivity contribution in [2.45, 2.75) is 0 Å². The molecule has 5 aromatic carbocycles. The van der Waals surface area contributed by atoms with E-state index in [1.54, 1.807) is 0 Å². The second-order valence-electron chi connectivity index (χ2n) is 11.8. The molecule has 0 saturated heterocycles. The Morgan fingerprint density at radius 3 is 1.04 bits per heavy atom. The smallest absolute Gasteiger partial charge is 0.104 e. The van der Waals surface area contributed by atoms with Crippen LogP contribution in [0.15, 0.2) is 116 Å². The molecule has 11 aromatic rings. The van der Waals surface area contributed by atoms with E-state index in [4.69, 9.17) is 19.9 Å². The third-order valence-electron chi connectivity index (χ3n) is 9.67. The van der Waals surface area contributed by atoms with E-state index in [1.807, 2.05) is 91.5 Å². The number of aromatic nitrogens is 6. The van der Waals surface area contributed by atoms with Gasteiger partial charge in [-0.3, -0.25) is 19.9 Å². The maximum absolute atomic E-state index is 11.0. The molecule has 0 N–H and O–H groups in total. The molecule has 7 nitrogen and oxygen atoms in total. The minimum absolute atomic E-state index is 0.571. The first-order valence-electron chi connectivity index (χ1n) is 15.1. The predicted octanol–water partition coefficient (Wildman–Crippen LogP) is 8.82. The van der Waals surface area contributed by atoms with E-state index < -0.39 is 0 Å². The van der Waals surface area contributed by atoms with Crippen LogP contribution < -0.4 is 0 Å². The highest BCUT2D eigenvalue weighted by molar-refractivity contribution is 6.33. The Labute approximate surface area is 259 Å². The summed E-state index contributed by atoms with van der Waals surface area (Å²) in [6, 6.07) is 33.5. The molecule has 0 amide bonds. The molecule has 0 aliphatic rings. The molecular formula is C39H19N7. The monoisotopic (exact) mass is 585 g/mol. The maximum atomic E-state index is 11.0. The summed E-state index contributed by atoms with van der Waals surface area (Å²) in [5.41, 5.74) is 9.89. The topological polar surface area (TPSA) is 85.2 Å². The lowest BCUT2D eigenvalue weighted by Gasteiger charge is -2.15. The Balaban J connectivity index is 1.30. The molecule has 6 heterocycles. The molecule has 0 unspecified atom stereocenters. The highest BCUT2D eigenvalue weighted by Gasteiger charge is 2.25. The van der Waals surface area contributed by atoms with Crippen molar-refractivity contribution in [3.05, 3.63) is 121 Å². The van der Waals surface area contributed by atoms with Crippen LogP contribution in [0.5, 0.6) is 0 Å². The van der Waals surface area contributed by atoms with Crippen LogP contribution in [-0.2, 0) is 0 Å². The molecule has 0 fully saturated rings. The Morgan fingerprint density at radius 1 is 0.413 bits per heavy atom. The lowest BCUT2D eigenvalue weighted by molar-refractivity contribution is 1.11. The number of benzene rings is 5. The molecular weight excluding hydrogens is 566 g/mol. The van der Waals surface area contributed by atoms with E-state index in [-0.39, 0.29) is 0 Å². The summed E-state index contributed by atoms with van der Waals surface area (Å²) in [7, 11) is 0. The van der Waals surface area contributed by atoms with Gasteiger partial charge in [0.05, 0.1) is 55.5 Å². The first-order chi connectivity index (χ1) is 22.8. The number of hydrogen-bond acceptors (Lipinski definition) is 5. The van der Waals surface area contributed by atoms with Gasteiger partial charge in [-0.2, -0.15) is 5.26 Å². The van der Waals surface area contributed by atoms with Gasteiger partial charge in [0, 0.05) is 67.9 Å². The van der Waals surface area contributed by atoms with Crippen LogP contribution >= 0.6 is 0 Å². The minimum atomic E-state index is 0.571. The van der Waals surface area contributed by atoms with Crippen LogP contribution in [0.2, 0.25) is 0 Å². The van der Waals surface area contributed by atoms with Crippen molar-refractivity contribution in [1.29, 1.82) is 5.26 Å². The number of pyridine rings is 4. The average molecular weight is 586 g/mol. The van der Waals surface area contributed by atoms with Crippen LogP contribution in [0.4, 0.5) is 0 Å². The van der Waals surface area contributed by atoms with Crippen molar-refractivity contribution in [3.63, 3.8) is 0 Å². The van der Waals surface area contributed by atoms with Gasteiger partial charge in [-0.05, 0) is 36.4 Å². The number of nitriles is 1. The van der Waals surface area contributed by atoms with Gasteiger partial charge in [-0.25, -0.2) is 0 Å². The van der Waals surface area contributed by atoms with Crippen LogP contribution in [0.25, 0.3) is 98.6 Å². The summed E-state index contributed by atoms with van der Waals surface area (Å²) >= 11 is 0. The van der Waals surface area contributed by atoms with Gasteiger partial charge < -0.3 is 9.13 Å². The van der Waals surface area contributed by atoms with Crippen LogP contribution in [0.1, 0.15) is 5.56 Å². The molecule has 46 heavy (non-hydrogen) atoms. The van der Waals surface area contributed by atoms with Crippen molar-refractivity contribution in [2.75, 3.05) is 0 Å². The van der Waals surface area contributed by atoms with E-state index in [0.717, 1.165) is 98.6 Å². The summed E-state index contributed by atoms with van der Waals surface area (Å²) in [4.78, 5) is 19.4. The molecule has 0 spiro atoms. The summed E-state index contributed by atoms with van der Waals surface area (Å²) in [6.45, 7) is 0. The quantitative estimate of drug-likeness (QED) is 0.189. The Bertz CT molecular complexity index is 2730. The molecule has 0 aliphatic carbocycles. The van der Waals surface area contributed by atoms with E-state index in [2.05, 4.69) is 39.5 Å². The Hall–Kier alpha value is -6.65. The van der Waals surface area contributed by atoms with Crippen molar-refractivity contribution in [3.8, 4) is 17.4 Å². The molecule has 0 radical (unpaired) electrons. The van der Waals surface area contributed by atoms with Gasteiger partial charge in [0.25, 0.3) is 0 Å². The molecule has 0 saturated carbocycles. The average Bonchev–Trinajstić information content (AvgIpc) is 3.64. The van der Waals surface area contributed by atoms with Gasteiger partial charge in [0.1, 0.15) is 11.6 Å². The van der Waals surface area contributed by atoms with E-state index in [9.17, 15) is 5.26 Å². The van der Waals surface area contributed by atoms with Crippen molar-refractivity contribution in [2.24, 2.45) is 0 Å². The van der Waals surface area contributed by atoms with Crippen molar-refractivity contribution >= 4 is 87.2 Å². The van der Waals surface area contributed by atoms with Crippen LogP contribution in [-0.4, -0.2) is 29.1 Å². The fourth-order valence-electron chi connectivity index (χ4n) is 7.94. The highest BCUT2D eigenvalue weighted by atomic mass is 15.0. The Kier molecular flexibility index (Phi) is 4.28. The number of fused-ring (bicyclic) bond motifs is 6. The normalized spacial score (nSPS) is 12.3. The summed E-state index contributed by atoms with van der Waals surface area (Å²) in [6.07, 6.45) is 7.45. The van der Waals surface area contributed by atoms with Crippen LogP contribution in [0, 0.1) is 11.3 Å². The van der Waals surface area contributed by atoms with Gasteiger partial charge in [0.2, 0.25) is 0 Å². The summed E-state index contributed by atoms with van der Waals surface area (Å²) in [5, 5.41) is 19.5. The van der Waals surface area contributed by atoms with E-state index >= 15 is 0 Å². The largest absolute Gasteiger partial charge is 0.308 e. The standard InChI is InChI=1S/C39H19N7/c40-20-25-26(45-28-12-16-41-36-21-6-1-2-7-22(21)37-33(32(28)36)29(45)13-17-42-37)10-5-11-27(25)46-30-14-18-43-38-23-8-3-4-9-24(23)39-35(34(30)38)31(46)15-19-44-39/h1-19H. The van der Waals surface area contributed by atoms with Crippen molar-refractivity contribution < 1.29 is 0 Å². The first kappa shape index (κ1) is 23.8. The molecule has 6 aromatic heterocycles. The molecule has 7 heteroatoms. The number of rotatable bonds is 2. The molecule has 0 bridgehead atoms. The lowest BCUT2D eigenvalue weighted by atomic mass is 10.0. The molecule has 210 valence electrons. The lowest BCUT2D eigenvalue weighted by Crippen LogP contribution is -2.04.